The molecule has 0 aliphatic rings. The number of hydrogen-bond acceptors (Lipinski definition) is 6. The van der Waals surface area contributed by atoms with Gasteiger partial charge in [-0.15, -0.1) is 11.3 Å². The van der Waals surface area contributed by atoms with Crippen molar-refractivity contribution >= 4 is 17.3 Å². The van der Waals surface area contributed by atoms with Gasteiger partial charge in [0.05, 0.1) is 18.4 Å². The molecular formula is C20H19NO5S. The number of aryl methyl sites for hydroxylation is 1. The number of nitrogens with zero attached hydrogens (tertiary/aromatic N) is 1. The lowest BCUT2D eigenvalue weighted by atomic mass is 10.2. The van der Waals surface area contributed by atoms with E-state index in [1.165, 1.54) is 0 Å². The lowest BCUT2D eigenvalue weighted by Gasteiger charge is -2.12. The molecule has 0 bridgehead atoms. The van der Waals surface area contributed by atoms with Crippen LogP contribution in [0.5, 0.6) is 17.2 Å². The highest BCUT2D eigenvalue weighted by molar-refractivity contribution is 7.17. The van der Waals surface area contributed by atoms with Crippen LogP contribution in [0.25, 0.3) is 10.6 Å². The molecule has 2 aromatic carbocycles. The molecule has 0 radical (unpaired) electrons. The summed E-state index contributed by atoms with van der Waals surface area (Å²) in [5.41, 5.74) is 1.20. The van der Waals surface area contributed by atoms with Gasteiger partial charge in [0.15, 0.2) is 0 Å². The zero-order valence-corrected chi connectivity index (χ0v) is 15.8. The molecule has 0 aliphatic carbocycles. The maximum atomic E-state index is 11.3. The van der Waals surface area contributed by atoms with Gasteiger partial charge in [0.2, 0.25) is 0 Å². The smallest absolute Gasteiger partial charge is 0.347 e. The molecule has 0 saturated heterocycles. The third kappa shape index (κ3) is 4.57. The minimum absolute atomic E-state index is 0.221. The number of hydrogen-bond donors (Lipinski definition) is 1. The van der Waals surface area contributed by atoms with E-state index >= 15 is 0 Å². The zero-order chi connectivity index (χ0) is 19.2. The number of methoxy groups -OCH3 is 1. The number of benzene rings is 2. The van der Waals surface area contributed by atoms with E-state index in [9.17, 15) is 9.90 Å². The molecule has 0 amide bonds. The molecule has 3 rings (SSSR count). The maximum absolute atomic E-state index is 11.3. The van der Waals surface area contributed by atoms with E-state index in [1.807, 2.05) is 36.4 Å². The Kier molecular flexibility index (Phi) is 5.93. The topological polar surface area (TPSA) is 77.9 Å². The Bertz CT molecular complexity index is 923. The fourth-order valence-corrected chi connectivity index (χ4v) is 3.40. The second-order valence-electron chi connectivity index (χ2n) is 5.61. The molecular weight excluding hydrogens is 366 g/mol. The van der Waals surface area contributed by atoms with Crippen molar-refractivity contribution in [2.24, 2.45) is 0 Å². The van der Waals surface area contributed by atoms with Gasteiger partial charge < -0.3 is 19.3 Å². The fourth-order valence-electron chi connectivity index (χ4n) is 2.46. The van der Waals surface area contributed by atoms with Gasteiger partial charge in [-0.25, -0.2) is 9.78 Å². The molecule has 140 valence electrons. The summed E-state index contributed by atoms with van der Waals surface area (Å²) in [6.07, 6.45) is 0. The second-order valence-corrected chi connectivity index (χ2v) is 6.61. The molecule has 0 aliphatic heterocycles. The summed E-state index contributed by atoms with van der Waals surface area (Å²) in [5, 5.41) is 9.85. The van der Waals surface area contributed by atoms with Gasteiger partial charge in [0.1, 0.15) is 40.3 Å². The molecule has 0 saturated carbocycles. The van der Waals surface area contributed by atoms with Gasteiger partial charge in [0.25, 0.3) is 0 Å². The van der Waals surface area contributed by atoms with Gasteiger partial charge in [-0.1, -0.05) is 18.2 Å². The first-order valence-electron chi connectivity index (χ1n) is 8.28. The Morgan fingerprint density at radius 2 is 1.81 bits per heavy atom. The van der Waals surface area contributed by atoms with E-state index in [0.29, 0.717) is 35.4 Å². The Morgan fingerprint density at radius 3 is 2.48 bits per heavy atom. The van der Waals surface area contributed by atoms with E-state index in [-0.39, 0.29) is 4.88 Å². The van der Waals surface area contributed by atoms with Crippen molar-refractivity contribution in [3.8, 4) is 27.8 Å². The molecule has 0 spiro atoms. The summed E-state index contributed by atoms with van der Waals surface area (Å²) >= 11 is 1.12. The lowest BCUT2D eigenvalue weighted by molar-refractivity contribution is 0.0701. The predicted octanol–water partition coefficient (Wildman–Crippen LogP) is 4.28. The van der Waals surface area contributed by atoms with Crippen LogP contribution in [0.4, 0.5) is 0 Å². The number of carboxylic acids is 1. The standard InChI is InChI=1S/C20H19NO5S/c1-13-18(20(22)23)27-19(21-13)16-9-8-15(24-2)12-17(16)26-11-10-25-14-6-4-3-5-7-14/h3-9,12H,10-11H2,1-2H3,(H,22,23). The first-order chi connectivity index (χ1) is 13.1. The Balaban J connectivity index is 1.77. The van der Waals surface area contributed by atoms with E-state index in [2.05, 4.69) is 4.98 Å². The Morgan fingerprint density at radius 1 is 1.07 bits per heavy atom. The molecule has 0 atom stereocenters. The first-order valence-corrected chi connectivity index (χ1v) is 9.10. The number of thiazole rings is 1. The fraction of sp³-hybridized carbons (Fsp3) is 0.200. The lowest BCUT2D eigenvalue weighted by Crippen LogP contribution is -2.09. The van der Waals surface area contributed by atoms with Crippen LogP contribution in [-0.2, 0) is 0 Å². The molecule has 1 heterocycles. The molecule has 27 heavy (non-hydrogen) atoms. The van der Waals surface area contributed by atoms with Crippen LogP contribution < -0.4 is 14.2 Å². The largest absolute Gasteiger partial charge is 0.497 e. The summed E-state index contributed by atoms with van der Waals surface area (Å²) in [5.74, 6) is 0.998. The average molecular weight is 385 g/mol. The quantitative estimate of drug-likeness (QED) is 0.583. The second kappa shape index (κ2) is 8.55. The van der Waals surface area contributed by atoms with Crippen molar-refractivity contribution in [2.75, 3.05) is 20.3 Å². The molecule has 1 aromatic heterocycles. The van der Waals surface area contributed by atoms with E-state index in [1.54, 1.807) is 26.2 Å². The monoisotopic (exact) mass is 385 g/mol. The number of ether oxygens (including phenoxy) is 3. The summed E-state index contributed by atoms with van der Waals surface area (Å²) in [4.78, 5) is 15.9. The van der Waals surface area contributed by atoms with Crippen molar-refractivity contribution in [1.29, 1.82) is 0 Å². The highest BCUT2D eigenvalue weighted by Crippen LogP contribution is 2.36. The number of aromatic nitrogens is 1. The minimum Gasteiger partial charge on any atom is -0.497 e. The Hall–Kier alpha value is -3.06. The SMILES string of the molecule is COc1ccc(-c2nc(C)c(C(=O)O)s2)c(OCCOc2ccccc2)c1. The molecule has 0 unspecified atom stereocenters. The number of aromatic carboxylic acids is 1. The van der Waals surface area contributed by atoms with Gasteiger partial charge >= 0.3 is 5.97 Å². The highest BCUT2D eigenvalue weighted by atomic mass is 32.1. The van der Waals surface area contributed by atoms with E-state index in [0.717, 1.165) is 22.6 Å². The Labute approximate surface area is 161 Å². The third-order valence-corrected chi connectivity index (χ3v) is 4.94. The van der Waals surface area contributed by atoms with Crippen molar-refractivity contribution in [1.82, 2.24) is 4.98 Å². The van der Waals surface area contributed by atoms with Crippen molar-refractivity contribution in [3.05, 3.63) is 59.1 Å². The number of carboxylic acid groups (broad SMARTS) is 1. The average Bonchev–Trinajstić information content (AvgIpc) is 3.07. The first kappa shape index (κ1) is 18.7. The van der Waals surface area contributed by atoms with Crippen LogP contribution in [0, 0.1) is 6.92 Å². The molecule has 3 aromatic rings. The third-order valence-electron chi connectivity index (χ3n) is 3.76. The van der Waals surface area contributed by atoms with E-state index < -0.39 is 5.97 Å². The molecule has 1 N–H and O–H groups in total. The van der Waals surface area contributed by atoms with Crippen LogP contribution in [0.2, 0.25) is 0 Å². The predicted molar refractivity (Wildman–Crippen MR) is 103 cm³/mol. The summed E-state index contributed by atoms with van der Waals surface area (Å²) in [6, 6.07) is 14.9. The highest BCUT2D eigenvalue weighted by Gasteiger charge is 2.18. The maximum Gasteiger partial charge on any atom is 0.347 e. The number of para-hydroxylation sites is 1. The van der Waals surface area contributed by atoms with Crippen LogP contribution in [-0.4, -0.2) is 36.4 Å². The molecule has 6 nitrogen and oxygen atoms in total. The number of carbonyl (C=O) groups is 1. The van der Waals surface area contributed by atoms with Crippen LogP contribution in [0.15, 0.2) is 48.5 Å². The van der Waals surface area contributed by atoms with Crippen molar-refractivity contribution in [2.45, 2.75) is 6.92 Å². The zero-order valence-electron chi connectivity index (χ0n) is 15.0. The van der Waals surface area contributed by atoms with E-state index in [4.69, 9.17) is 14.2 Å². The summed E-state index contributed by atoms with van der Waals surface area (Å²) in [7, 11) is 1.58. The van der Waals surface area contributed by atoms with Gasteiger partial charge in [0, 0.05) is 6.07 Å². The normalized spacial score (nSPS) is 10.4. The van der Waals surface area contributed by atoms with Crippen LogP contribution >= 0.6 is 11.3 Å². The van der Waals surface area contributed by atoms with Gasteiger partial charge in [-0.3, -0.25) is 0 Å². The van der Waals surface area contributed by atoms with Gasteiger partial charge in [-0.2, -0.15) is 0 Å². The molecule has 7 heteroatoms. The summed E-state index contributed by atoms with van der Waals surface area (Å²) < 4.78 is 16.8. The number of rotatable bonds is 8. The van der Waals surface area contributed by atoms with Crippen molar-refractivity contribution < 1.29 is 24.1 Å². The van der Waals surface area contributed by atoms with Crippen molar-refractivity contribution in [3.63, 3.8) is 0 Å². The van der Waals surface area contributed by atoms with Gasteiger partial charge in [-0.05, 0) is 31.2 Å². The van der Waals surface area contributed by atoms with Crippen LogP contribution in [0.3, 0.4) is 0 Å². The summed E-state index contributed by atoms with van der Waals surface area (Å²) in [6.45, 7) is 2.38. The minimum atomic E-state index is -0.983. The molecule has 0 fully saturated rings. The van der Waals surface area contributed by atoms with Crippen LogP contribution in [0.1, 0.15) is 15.4 Å².